The molecule has 1 aromatic rings. The second-order valence-electron chi connectivity index (χ2n) is 4.60. The molecule has 0 N–H and O–H groups in total. The minimum Gasteiger partial charge on any atom is -0.299 e. The van der Waals surface area contributed by atoms with Crippen LogP contribution in [0.5, 0.6) is 0 Å². The van der Waals surface area contributed by atoms with E-state index in [1.54, 1.807) is 0 Å². The fourth-order valence-electron chi connectivity index (χ4n) is 2.94. The quantitative estimate of drug-likeness (QED) is 0.769. The number of hydrogen-bond donors (Lipinski definition) is 0. The monoisotopic (exact) mass is 236 g/mol. The van der Waals surface area contributed by atoms with Crippen molar-refractivity contribution in [3.05, 3.63) is 34.9 Å². The van der Waals surface area contributed by atoms with Crippen LogP contribution in [0.25, 0.3) is 0 Å². The third-order valence-corrected chi connectivity index (χ3v) is 4.36. The molecule has 1 nitrogen and oxygen atoms in total. The van der Waals surface area contributed by atoms with E-state index in [1.807, 2.05) is 18.2 Å². The van der Waals surface area contributed by atoms with Crippen molar-refractivity contribution in [3.63, 3.8) is 0 Å². The van der Waals surface area contributed by atoms with E-state index >= 15 is 0 Å². The molecule has 1 saturated carbocycles. The summed E-state index contributed by atoms with van der Waals surface area (Å²) in [6, 6.07) is 7.93. The Balaban J connectivity index is 2.33. The first-order valence-corrected chi connectivity index (χ1v) is 6.30. The summed E-state index contributed by atoms with van der Waals surface area (Å²) in [6.45, 7) is 4.22. The maximum Gasteiger partial charge on any atom is 0.140 e. The number of ketones is 1. The zero-order chi connectivity index (χ0) is 11.8. The summed E-state index contributed by atoms with van der Waals surface area (Å²) in [5.74, 6) is 0.788. The van der Waals surface area contributed by atoms with Crippen molar-refractivity contribution in [2.24, 2.45) is 5.41 Å². The molecule has 2 rings (SSSR count). The molecule has 1 unspecified atom stereocenters. The van der Waals surface area contributed by atoms with Crippen molar-refractivity contribution in [2.45, 2.75) is 39.0 Å². The van der Waals surface area contributed by atoms with Gasteiger partial charge in [0.15, 0.2) is 0 Å². The maximum atomic E-state index is 11.9. The third-order valence-electron chi connectivity index (χ3n) is 4.12. The lowest BCUT2D eigenvalue weighted by molar-refractivity contribution is -0.141. The topological polar surface area (TPSA) is 17.1 Å². The molecule has 86 valence electrons. The van der Waals surface area contributed by atoms with Crippen LogP contribution < -0.4 is 0 Å². The molecule has 0 heterocycles. The fraction of sp³-hybridized carbons (Fsp3) is 0.500. The molecular weight excluding hydrogens is 220 g/mol. The molecule has 0 saturated heterocycles. The molecule has 0 radical (unpaired) electrons. The summed E-state index contributed by atoms with van der Waals surface area (Å²) in [5, 5.41) is 0.762. The molecule has 16 heavy (non-hydrogen) atoms. The van der Waals surface area contributed by atoms with Gasteiger partial charge < -0.3 is 0 Å². The molecule has 0 bridgehead atoms. The zero-order valence-electron chi connectivity index (χ0n) is 9.79. The third kappa shape index (κ3) is 1.58. The van der Waals surface area contributed by atoms with Crippen LogP contribution in [0, 0.1) is 5.41 Å². The van der Waals surface area contributed by atoms with Crippen LogP contribution in [0.15, 0.2) is 24.3 Å². The van der Waals surface area contributed by atoms with Crippen LogP contribution in [0.3, 0.4) is 0 Å². The normalized spacial score (nSPS) is 22.9. The molecular formula is C14H17ClO. The molecule has 0 aliphatic heterocycles. The minimum absolute atomic E-state index is 0.120. The predicted octanol–water partition coefficient (Wildman–Crippen LogP) is 4.20. The summed E-state index contributed by atoms with van der Waals surface area (Å²) in [6.07, 6.45) is 2.54. The van der Waals surface area contributed by atoms with Gasteiger partial charge in [-0.15, -0.1) is 0 Å². The Morgan fingerprint density at radius 2 is 2.06 bits per heavy atom. The Bertz CT molecular complexity index is 407. The van der Waals surface area contributed by atoms with Gasteiger partial charge in [-0.25, -0.2) is 0 Å². The lowest BCUT2D eigenvalue weighted by atomic mass is 9.54. The van der Waals surface area contributed by atoms with Crippen molar-refractivity contribution in [3.8, 4) is 0 Å². The molecule has 0 aromatic heterocycles. The molecule has 0 amide bonds. The van der Waals surface area contributed by atoms with Gasteiger partial charge in [0.1, 0.15) is 5.78 Å². The van der Waals surface area contributed by atoms with E-state index in [-0.39, 0.29) is 5.41 Å². The van der Waals surface area contributed by atoms with Crippen molar-refractivity contribution >= 4 is 17.4 Å². The number of halogens is 1. The van der Waals surface area contributed by atoms with E-state index in [0.29, 0.717) is 18.1 Å². The zero-order valence-corrected chi connectivity index (χ0v) is 10.6. The lowest BCUT2D eigenvalue weighted by Gasteiger charge is -2.47. The SMILES string of the molecule is CCC1(CC)C(=O)CC1c1cccc(Cl)c1. The highest BCUT2D eigenvalue weighted by atomic mass is 35.5. The molecule has 0 spiro atoms. The Morgan fingerprint density at radius 1 is 1.38 bits per heavy atom. The first-order chi connectivity index (χ1) is 7.64. The number of carbonyl (C=O) groups is 1. The van der Waals surface area contributed by atoms with E-state index in [2.05, 4.69) is 19.9 Å². The molecule has 1 aromatic carbocycles. The van der Waals surface area contributed by atoms with Crippen LogP contribution in [0.2, 0.25) is 5.02 Å². The maximum absolute atomic E-state index is 11.9. The smallest absolute Gasteiger partial charge is 0.140 e. The van der Waals surface area contributed by atoms with Gasteiger partial charge in [-0.3, -0.25) is 4.79 Å². The van der Waals surface area contributed by atoms with E-state index < -0.39 is 0 Å². The molecule has 2 heteroatoms. The number of rotatable bonds is 3. The van der Waals surface area contributed by atoms with Crippen molar-refractivity contribution in [1.82, 2.24) is 0 Å². The largest absolute Gasteiger partial charge is 0.299 e. The van der Waals surface area contributed by atoms with Gasteiger partial charge in [0, 0.05) is 22.8 Å². The predicted molar refractivity (Wildman–Crippen MR) is 66.8 cm³/mol. The van der Waals surface area contributed by atoms with E-state index in [4.69, 9.17) is 11.6 Å². The van der Waals surface area contributed by atoms with Crippen molar-refractivity contribution in [2.75, 3.05) is 0 Å². The standard InChI is InChI=1S/C14H17ClO/c1-3-14(4-2)12(9-13(14)16)10-6-5-7-11(15)8-10/h5-8,12H,3-4,9H2,1-2H3. The van der Waals surface area contributed by atoms with E-state index in [1.165, 1.54) is 5.56 Å². The average Bonchev–Trinajstić information content (AvgIpc) is 2.27. The van der Waals surface area contributed by atoms with Gasteiger partial charge in [-0.05, 0) is 30.5 Å². The first kappa shape index (κ1) is 11.7. The summed E-state index contributed by atoms with van der Waals surface area (Å²) < 4.78 is 0. The number of Topliss-reactive ketones (excluding diaryl/α,β-unsaturated/α-hetero) is 1. The molecule has 1 aliphatic rings. The Hall–Kier alpha value is -0.820. The van der Waals surface area contributed by atoms with Crippen LogP contribution in [-0.4, -0.2) is 5.78 Å². The van der Waals surface area contributed by atoms with E-state index in [9.17, 15) is 4.79 Å². The van der Waals surface area contributed by atoms with Crippen LogP contribution in [0.1, 0.15) is 44.6 Å². The minimum atomic E-state index is -0.120. The van der Waals surface area contributed by atoms with Crippen molar-refractivity contribution < 1.29 is 4.79 Å². The lowest BCUT2D eigenvalue weighted by Crippen LogP contribution is -2.47. The van der Waals surface area contributed by atoms with Gasteiger partial charge >= 0.3 is 0 Å². The molecule has 1 atom stereocenters. The Kier molecular flexibility index (Phi) is 3.07. The summed E-state index contributed by atoms with van der Waals surface area (Å²) >= 11 is 6.00. The van der Waals surface area contributed by atoms with Gasteiger partial charge in [0.25, 0.3) is 0 Å². The number of carbonyl (C=O) groups excluding carboxylic acids is 1. The molecule has 1 fully saturated rings. The highest BCUT2D eigenvalue weighted by molar-refractivity contribution is 6.30. The van der Waals surface area contributed by atoms with E-state index in [0.717, 1.165) is 17.9 Å². The number of hydrogen-bond acceptors (Lipinski definition) is 1. The Labute approximate surface area is 102 Å². The highest BCUT2D eigenvalue weighted by Crippen LogP contribution is 2.54. The summed E-state index contributed by atoms with van der Waals surface area (Å²) in [5.41, 5.74) is 1.10. The highest BCUT2D eigenvalue weighted by Gasteiger charge is 2.52. The summed E-state index contributed by atoms with van der Waals surface area (Å²) in [4.78, 5) is 11.9. The molecule has 1 aliphatic carbocycles. The van der Waals surface area contributed by atoms with Gasteiger partial charge in [0.05, 0.1) is 0 Å². The second-order valence-corrected chi connectivity index (χ2v) is 5.03. The average molecular weight is 237 g/mol. The Morgan fingerprint density at radius 3 is 2.56 bits per heavy atom. The van der Waals surface area contributed by atoms with Crippen LogP contribution >= 0.6 is 11.6 Å². The second kappa shape index (κ2) is 4.21. The van der Waals surface area contributed by atoms with Gasteiger partial charge in [0.2, 0.25) is 0 Å². The van der Waals surface area contributed by atoms with Gasteiger partial charge in [-0.2, -0.15) is 0 Å². The van der Waals surface area contributed by atoms with Crippen LogP contribution in [-0.2, 0) is 4.79 Å². The van der Waals surface area contributed by atoms with Crippen molar-refractivity contribution in [1.29, 1.82) is 0 Å². The van der Waals surface area contributed by atoms with Gasteiger partial charge in [-0.1, -0.05) is 37.6 Å². The number of benzene rings is 1. The fourth-order valence-corrected chi connectivity index (χ4v) is 3.14. The summed E-state index contributed by atoms with van der Waals surface area (Å²) in [7, 11) is 0. The van der Waals surface area contributed by atoms with Crippen LogP contribution in [0.4, 0.5) is 0 Å². The first-order valence-electron chi connectivity index (χ1n) is 5.92.